The number of likely N-dealkylation sites (N-methyl/N-ethyl adjacent to an activating group) is 1. The molecule has 2 saturated heterocycles. The minimum atomic E-state index is -0.727. The summed E-state index contributed by atoms with van der Waals surface area (Å²) in [6.45, 7) is 17.7. The zero-order valence-corrected chi connectivity index (χ0v) is 29.8. The lowest BCUT2D eigenvalue weighted by atomic mass is 10.0. The summed E-state index contributed by atoms with van der Waals surface area (Å²) in [4.78, 5) is 11.9. The Morgan fingerprint density at radius 1 is 1.00 bits per heavy atom. The number of hydrogen-bond donors (Lipinski definition) is 0. The third-order valence-corrected chi connectivity index (χ3v) is 10.4. The summed E-state index contributed by atoms with van der Waals surface area (Å²) >= 11 is 3.93. The van der Waals surface area contributed by atoms with Gasteiger partial charge in [-0.2, -0.15) is 0 Å². The molecule has 7 nitrogen and oxygen atoms in total. The van der Waals surface area contributed by atoms with Crippen LogP contribution >= 0.6 is 41.7 Å². The van der Waals surface area contributed by atoms with Crippen LogP contribution in [0.25, 0.3) is 32.6 Å². The van der Waals surface area contributed by atoms with E-state index in [2.05, 4.69) is 56.1 Å². The molecule has 12 heteroatoms. The zero-order valence-electron chi connectivity index (χ0n) is 26.0. The highest BCUT2D eigenvalue weighted by Crippen LogP contribution is 2.44. The smallest absolute Gasteiger partial charge is 0.168 e. The summed E-state index contributed by atoms with van der Waals surface area (Å²) in [6, 6.07) is 8.49. The van der Waals surface area contributed by atoms with Gasteiger partial charge in [-0.1, -0.05) is 20.8 Å². The molecule has 2 aliphatic heterocycles. The maximum atomic E-state index is 14.6. The maximum Gasteiger partial charge on any atom is 0.168 e. The second-order valence-corrected chi connectivity index (χ2v) is 12.9. The highest BCUT2D eigenvalue weighted by Gasteiger charge is 2.23. The van der Waals surface area contributed by atoms with Gasteiger partial charge in [-0.05, 0) is 37.7 Å². The quantitative estimate of drug-likeness (QED) is 0.177. The number of nitrogens with zero attached hydrogens (tertiary/aromatic N) is 4. The molecule has 3 aromatic heterocycles. The maximum absolute atomic E-state index is 14.6. The third-order valence-electron chi connectivity index (χ3n) is 7.53. The predicted octanol–water partition coefficient (Wildman–Crippen LogP) is 8.07. The Balaban J connectivity index is 0.000000380. The number of hydrogen-bond acceptors (Lipinski definition) is 8. The molecule has 0 amide bonds. The van der Waals surface area contributed by atoms with E-state index in [-0.39, 0.29) is 5.75 Å². The normalized spacial score (nSPS) is 15.8. The van der Waals surface area contributed by atoms with E-state index in [0.717, 1.165) is 92.4 Å². The molecule has 0 N–H and O–H groups in total. The Kier molecular flexibility index (Phi) is 13.7. The minimum absolute atomic E-state index is 0.0244. The van der Waals surface area contributed by atoms with Crippen LogP contribution in [0.5, 0.6) is 5.75 Å². The van der Waals surface area contributed by atoms with Crippen LogP contribution in [-0.4, -0.2) is 85.0 Å². The highest BCUT2D eigenvalue weighted by atomic mass is 127. The fraction of sp³-hybridized carbons (Fsp3) is 0.469. The molecular formula is C32H41F2IN4O3S2. The van der Waals surface area contributed by atoms with Crippen LogP contribution in [0, 0.1) is 18.6 Å². The Bertz CT molecular complexity index is 1500. The summed E-state index contributed by atoms with van der Waals surface area (Å²) < 4.78 is 46.7. The van der Waals surface area contributed by atoms with Gasteiger partial charge in [0.2, 0.25) is 0 Å². The lowest BCUT2D eigenvalue weighted by Crippen LogP contribution is -2.35. The van der Waals surface area contributed by atoms with Gasteiger partial charge >= 0.3 is 0 Å². The Morgan fingerprint density at radius 3 is 2.25 bits per heavy atom. The monoisotopic (exact) mass is 758 g/mol. The number of pyridine rings is 1. The number of morpholine rings is 2. The molecule has 2 aliphatic rings. The van der Waals surface area contributed by atoms with Gasteiger partial charge in [-0.15, -0.1) is 11.3 Å². The number of aromatic nitrogens is 2. The van der Waals surface area contributed by atoms with Crippen molar-refractivity contribution < 1.29 is 23.0 Å². The summed E-state index contributed by atoms with van der Waals surface area (Å²) in [5.74, 6) is -1.35. The van der Waals surface area contributed by atoms with Crippen LogP contribution in [0.4, 0.5) is 8.78 Å². The van der Waals surface area contributed by atoms with Crippen LogP contribution in [0.2, 0.25) is 0 Å². The Hall–Kier alpha value is -1.81. The molecule has 5 heterocycles. The molecule has 0 unspecified atom stereocenters. The highest BCUT2D eigenvalue weighted by molar-refractivity contribution is 14.2. The van der Waals surface area contributed by atoms with Gasteiger partial charge < -0.3 is 14.2 Å². The SMILES string of the molecule is CC.CCN1CCOCC1.COc1c(F)cc(F)cc1-c1c(C)n(SI)c2ncc(-c3ccc(CN4CCOCC4)s3)cc12. The fourth-order valence-corrected chi connectivity index (χ4v) is 8.17. The van der Waals surface area contributed by atoms with Crippen LogP contribution < -0.4 is 4.74 Å². The van der Waals surface area contributed by atoms with Gasteiger partial charge in [0.1, 0.15) is 5.82 Å². The number of halogens is 3. The van der Waals surface area contributed by atoms with E-state index in [0.29, 0.717) is 11.1 Å². The van der Waals surface area contributed by atoms with Crippen molar-refractivity contribution in [1.82, 2.24) is 18.8 Å². The standard InChI is InChI=1S/C24H22F2IN3O2S2.C6H13NO.C2H6/c1-14-22(18-10-16(25)11-20(26)23(18)31-2)19-9-15(12-28-24(19)30(14)34-27)21-4-3-17(33-21)13-29-5-7-32-8-6-29;1-2-7-3-5-8-6-4-7;1-2/h3-4,9-12H,5-8,13H2,1-2H3;2-6H2,1H3;1-2H3. The molecule has 0 aliphatic carbocycles. The summed E-state index contributed by atoms with van der Waals surface area (Å²) in [7, 11) is 2.87. The van der Waals surface area contributed by atoms with E-state index >= 15 is 0 Å². The molecule has 0 saturated carbocycles. The first-order valence-corrected chi connectivity index (χ1v) is 19.1. The van der Waals surface area contributed by atoms with Gasteiger partial charge in [0, 0.05) is 113 Å². The van der Waals surface area contributed by atoms with Crippen molar-refractivity contribution in [2.75, 3.05) is 66.3 Å². The van der Waals surface area contributed by atoms with E-state index in [1.165, 1.54) is 33.7 Å². The average Bonchev–Trinajstić information content (AvgIpc) is 3.63. The van der Waals surface area contributed by atoms with Gasteiger partial charge in [-0.25, -0.2) is 13.8 Å². The Morgan fingerprint density at radius 2 is 1.66 bits per heavy atom. The van der Waals surface area contributed by atoms with E-state index in [9.17, 15) is 8.78 Å². The second kappa shape index (κ2) is 17.2. The van der Waals surface area contributed by atoms with Gasteiger partial charge in [0.15, 0.2) is 17.2 Å². The number of fused-ring (bicyclic) bond motifs is 1. The molecule has 2 fully saturated rings. The van der Waals surface area contributed by atoms with E-state index in [1.54, 1.807) is 11.3 Å². The van der Waals surface area contributed by atoms with Gasteiger partial charge in [-0.3, -0.25) is 13.8 Å². The molecule has 0 radical (unpaired) electrons. The lowest BCUT2D eigenvalue weighted by Gasteiger charge is -2.25. The van der Waals surface area contributed by atoms with Gasteiger partial charge in [0.25, 0.3) is 0 Å². The summed E-state index contributed by atoms with van der Waals surface area (Å²) in [5, 5.41) is 0.825. The zero-order chi connectivity index (χ0) is 31.6. The molecule has 0 bridgehead atoms. The largest absolute Gasteiger partial charge is 0.493 e. The van der Waals surface area contributed by atoms with Crippen molar-refractivity contribution in [3.05, 3.63) is 58.7 Å². The van der Waals surface area contributed by atoms with Crippen molar-refractivity contribution >= 4 is 52.7 Å². The van der Waals surface area contributed by atoms with Crippen LogP contribution in [0.3, 0.4) is 0 Å². The lowest BCUT2D eigenvalue weighted by molar-refractivity contribution is 0.0346. The summed E-state index contributed by atoms with van der Waals surface area (Å²) in [6.07, 6.45) is 1.86. The number of rotatable bonds is 7. The topological polar surface area (TPSA) is 52.0 Å². The third kappa shape index (κ3) is 8.31. The molecule has 6 rings (SSSR count). The first kappa shape index (κ1) is 35.1. The van der Waals surface area contributed by atoms with Crippen molar-refractivity contribution in [3.8, 4) is 27.3 Å². The first-order valence-electron chi connectivity index (χ1n) is 15.0. The fourth-order valence-electron chi connectivity index (χ4n) is 5.29. The van der Waals surface area contributed by atoms with Crippen LogP contribution in [0.1, 0.15) is 31.3 Å². The van der Waals surface area contributed by atoms with Crippen molar-refractivity contribution in [1.29, 1.82) is 0 Å². The average molecular weight is 759 g/mol. The minimum Gasteiger partial charge on any atom is -0.493 e. The number of benzene rings is 1. The van der Waals surface area contributed by atoms with Gasteiger partial charge in [0.05, 0.1) is 33.5 Å². The van der Waals surface area contributed by atoms with Crippen LogP contribution in [0.15, 0.2) is 36.5 Å². The second-order valence-electron chi connectivity index (χ2n) is 10.1. The Labute approximate surface area is 279 Å². The van der Waals surface area contributed by atoms with Crippen molar-refractivity contribution in [2.24, 2.45) is 0 Å². The van der Waals surface area contributed by atoms with Crippen LogP contribution in [-0.2, 0) is 16.0 Å². The van der Waals surface area contributed by atoms with E-state index in [1.807, 2.05) is 30.9 Å². The summed E-state index contributed by atoms with van der Waals surface area (Å²) in [5.41, 5.74) is 3.66. The van der Waals surface area contributed by atoms with E-state index < -0.39 is 11.6 Å². The van der Waals surface area contributed by atoms with Crippen molar-refractivity contribution in [2.45, 2.75) is 34.2 Å². The molecular weight excluding hydrogens is 717 g/mol. The first-order chi connectivity index (χ1) is 21.4. The number of ether oxygens (including phenoxy) is 3. The molecule has 44 heavy (non-hydrogen) atoms. The molecule has 1 aromatic carbocycles. The van der Waals surface area contributed by atoms with E-state index in [4.69, 9.17) is 19.2 Å². The number of methoxy groups -OCH3 is 1. The predicted molar refractivity (Wildman–Crippen MR) is 187 cm³/mol. The molecule has 240 valence electrons. The molecule has 4 aromatic rings. The molecule has 0 atom stereocenters. The molecule has 0 spiro atoms. The van der Waals surface area contributed by atoms with Crippen molar-refractivity contribution in [3.63, 3.8) is 0 Å². The number of thiophene rings is 1.